The lowest BCUT2D eigenvalue weighted by atomic mass is 9.95. The van der Waals surface area contributed by atoms with Gasteiger partial charge in [-0.05, 0) is 23.8 Å². The molecule has 1 unspecified atom stereocenters. The molecule has 0 aliphatic carbocycles. The molecule has 0 radical (unpaired) electrons. The standard InChI is InChI=1S/C24H22F4N3O5P/c1-30(9-10-37(35)36-13-24(26,27)28)22(33)18-16-3-2-8-29-20(16)21(32)19-17(18)12-31(23(19)34)11-14-4-6-15(25)7-5-14/h2-8,32,37H,9-13H2,1H3. The Balaban J connectivity index is 1.63. The van der Waals surface area contributed by atoms with E-state index in [9.17, 15) is 36.8 Å². The Hall–Kier alpha value is -3.50. The van der Waals surface area contributed by atoms with E-state index >= 15 is 0 Å². The number of hydrogen-bond donors (Lipinski definition) is 1. The summed E-state index contributed by atoms with van der Waals surface area (Å²) in [4.78, 5) is 33.4. The second-order valence-electron chi connectivity index (χ2n) is 8.52. The normalized spacial score (nSPS) is 14.2. The minimum Gasteiger partial charge on any atom is -0.505 e. The van der Waals surface area contributed by atoms with E-state index in [1.54, 1.807) is 12.1 Å². The molecule has 0 bridgehead atoms. The monoisotopic (exact) mass is 539 g/mol. The van der Waals surface area contributed by atoms with Gasteiger partial charge in [0.25, 0.3) is 11.8 Å². The van der Waals surface area contributed by atoms with Gasteiger partial charge in [-0.2, -0.15) is 13.2 Å². The third-order valence-corrected chi connectivity index (χ3v) is 6.99. The van der Waals surface area contributed by atoms with E-state index in [0.717, 1.165) is 0 Å². The number of aromatic hydroxyl groups is 1. The SMILES string of the molecule is CN(CC[PH](=O)OCC(F)(F)F)C(=O)c1c2c(c(O)c3ncccc13)C(=O)N(Cc1ccc(F)cc1)C2. The molecule has 1 aliphatic heterocycles. The number of halogens is 4. The third kappa shape index (κ3) is 5.75. The first kappa shape index (κ1) is 26.6. The fraction of sp³-hybridized carbons (Fsp3) is 0.292. The van der Waals surface area contributed by atoms with Crippen molar-refractivity contribution in [1.29, 1.82) is 0 Å². The zero-order valence-corrected chi connectivity index (χ0v) is 20.5. The number of phenols is 1. The van der Waals surface area contributed by atoms with Crippen LogP contribution >= 0.6 is 8.03 Å². The summed E-state index contributed by atoms with van der Waals surface area (Å²) in [6.07, 6.45) is -3.52. The Kier molecular flexibility index (Phi) is 7.52. The molecule has 1 aliphatic rings. The van der Waals surface area contributed by atoms with Gasteiger partial charge in [-0.1, -0.05) is 18.2 Å². The lowest BCUT2D eigenvalue weighted by Gasteiger charge is -2.20. The topological polar surface area (TPSA) is 100 Å². The molecule has 1 N–H and O–H groups in total. The van der Waals surface area contributed by atoms with Gasteiger partial charge < -0.3 is 19.4 Å². The molecule has 0 spiro atoms. The van der Waals surface area contributed by atoms with Crippen LogP contribution in [0.15, 0.2) is 42.6 Å². The van der Waals surface area contributed by atoms with Gasteiger partial charge in [-0.15, -0.1) is 0 Å². The summed E-state index contributed by atoms with van der Waals surface area (Å²) in [5.41, 5.74) is 0.968. The molecule has 1 atom stereocenters. The van der Waals surface area contributed by atoms with Crippen molar-refractivity contribution in [3.63, 3.8) is 0 Å². The first-order chi connectivity index (χ1) is 17.5. The molecule has 8 nitrogen and oxygen atoms in total. The van der Waals surface area contributed by atoms with Crippen LogP contribution in [0.4, 0.5) is 17.6 Å². The van der Waals surface area contributed by atoms with Crippen molar-refractivity contribution in [2.45, 2.75) is 19.3 Å². The number of benzene rings is 2. The smallest absolute Gasteiger partial charge is 0.412 e. The highest BCUT2D eigenvalue weighted by Crippen LogP contribution is 2.40. The van der Waals surface area contributed by atoms with Crippen LogP contribution in [0.25, 0.3) is 10.9 Å². The highest BCUT2D eigenvalue weighted by Gasteiger charge is 2.37. The number of fused-ring (bicyclic) bond motifs is 2. The van der Waals surface area contributed by atoms with Crippen LogP contribution in [-0.4, -0.2) is 64.2 Å². The van der Waals surface area contributed by atoms with Gasteiger partial charge in [0.2, 0.25) is 0 Å². The lowest BCUT2D eigenvalue weighted by Crippen LogP contribution is -2.30. The highest BCUT2D eigenvalue weighted by molar-refractivity contribution is 7.39. The van der Waals surface area contributed by atoms with E-state index in [1.165, 1.54) is 47.3 Å². The fourth-order valence-electron chi connectivity index (χ4n) is 4.12. The highest BCUT2D eigenvalue weighted by atomic mass is 31.1. The Morgan fingerprint density at radius 2 is 1.95 bits per heavy atom. The van der Waals surface area contributed by atoms with E-state index in [0.29, 0.717) is 5.56 Å². The second kappa shape index (κ2) is 10.5. The number of carbonyl (C=O) groups is 2. The van der Waals surface area contributed by atoms with Gasteiger partial charge in [0.15, 0.2) is 13.8 Å². The maximum atomic E-state index is 13.5. The molecule has 13 heteroatoms. The number of nitrogens with zero attached hydrogens (tertiary/aromatic N) is 3. The van der Waals surface area contributed by atoms with Crippen molar-refractivity contribution < 1.29 is 41.3 Å². The fourth-order valence-corrected chi connectivity index (χ4v) is 5.11. The number of amides is 2. The maximum absolute atomic E-state index is 13.5. The van der Waals surface area contributed by atoms with Gasteiger partial charge in [-0.3, -0.25) is 19.1 Å². The van der Waals surface area contributed by atoms with Crippen molar-refractivity contribution in [3.05, 3.63) is 70.7 Å². The maximum Gasteiger partial charge on any atom is 0.412 e. The summed E-state index contributed by atoms with van der Waals surface area (Å²) in [6, 6.07) is 8.67. The number of pyridine rings is 1. The second-order valence-corrected chi connectivity index (χ2v) is 10.0. The molecule has 2 amide bonds. The average molecular weight is 539 g/mol. The van der Waals surface area contributed by atoms with Gasteiger partial charge in [0, 0.05) is 50.0 Å². The van der Waals surface area contributed by atoms with Gasteiger partial charge in [0.1, 0.15) is 17.9 Å². The van der Waals surface area contributed by atoms with Crippen LogP contribution in [0, 0.1) is 5.82 Å². The summed E-state index contributed by atoms with van der Waals surface area (Å²) in [7, 11) is -1.67. The molecule has 2 aromatic carbocycles. The third-order valence-electron chi connectivity index (χ3n) is 5.89. The number of hydrogen-bond acceptors (Lipinski definition) is 6. The van der Waals surface area contributed by atoms with E-state index in [2.05, 4.69) is 9.51 Å². The van der Waals surface area contributed by atoms with Crippen LogP contribution in [0.2, 0.25) is 0 Å². The average Bonchev–Trinajstić information content (AvgIpc) is 3.17. The molecule has 3 aromatic rings. The minimum absolute atomic E-state index is 0.0237. The van der Waals surface area contributed by atoms with E-state index < -0.39 is 38.4 Å². The number of phenolic OH excluding ortho intramolecular Hbond substituents is 1. The molecule has 0 fully saturated rings. The van der Waals surface area contributed by atoms with Crippen LogP contribution in [0.1, 0.15) is 31.8 Å². The van der Waals surface area contributed by atoms with Crippen molar-refractivity contribution in [3.8, 4) is 5.75 Å². The van der Waals surface area contributed by atoms with Crippen LogP contribution in [-0.2, 0) is 22.2 Å². The number of rotatable bonds is 8. The number of carbonyl (C=O) groups excluding carboxylic acids is 2. The molecule has 196 valence electrons. The number of aromatic nitrogens is 1. The quantitative estimate of drug-likeness (QED) is 0.337. The summed E-state index contributed by atoms with van der Waals surface area (Å²) < 4.78 is 66.5. The molecule has 0 saturated carbocycles. The zero-order valence-electron chi connectivity index (χ0n) is 19.5. The summed E-state index contributed by atoms with van der Waals surface area (Å²) in [6.45, 7) is -1.74. The van der Waals surface area contributed by atoms with Gasteiger partial charge >= 0.3 is 6.18 Å². The Morgan fingerprint density at radius 3 is 2.62 bits per heavy atom. The Bertz CT molecular complexity index is 1380. The predicted molar refractivity (Wildman–Crippen MR) is 126 cm³/mol. The molecule has 4 rings (SSSR count). The van der Waals surface area contributed by atoms with Gasteiger partial charge in [0.05, 0.1) is 11.1 Å². The van der Waals surface area contributed by atoms with Crippen LogP contribution in [0.5, 0.6) is 5.75 Å². The van der Waals surface area contributed by atoms with E-state index in [-0.39, 0.29) is 59.1 Å². The molecule has 1 aromatic heterocycles. The first-order valence-electron chi connectivity index (χ1n) is 11.1. The molecule has 0 saturated heterocycles. The van der Waals surface area contributed by atoms with Crippen molar-refractivity contribution in [1.82, 2.24) is 14.8 Å². The minimum atomic E-state index is -4.62. The zero-order chi connectivity index (χ0) is 26.9. The molecular formula is C24H22F4N3O5P. The Morgan fingerprint density at radius 1 is 1.24 bits per heavy atom. The largest absolute Gasteiger partial charge is 0.505 e. The predicted octanol–water partition coefficient (Wildman–Crippen LogP) is 4.36. The van der Waals surface area contributed by atoms with E-state index in [4.69, 9.17) is 0 Å². The molecule has 37 heavy (non-hydrogen) atoms. The summed E-state index contributed by atoms with van der Waals surface area (Å²) in [5.74, 6) is -1.93. The van der Waals surface area contributed by atoms with Crippen LogP contribution < -0.4 is 0 Å². The first-order valence-corrected chi connectivity index (χ1v) is 12.6. The molecular weight excluding hydrogens is 517 g/mol. The van der Waals surface area contributed by atoms with Crippen molar-refractivity contribution in [2.75, 3.05) is 26.4 Å². The lowest BCUT2D eigenvalue weighted by molar-refractivity contribution is -0.152. The molecule has 2 heterocycles. The van der Waals surface area contributed by atoms with E-state index in [1.807, 2.05) is 0 Å². The summed E-state index contributed by atoms with van der Waals surface area (Å²) in [5, 5.41) is 11.2. The van der Waals surface area contributed by atoms with Gasteiger partial charge in [-0.25, -0.2) is 4.39 Å². The van der Waals surface area contributed by atoms with Crippen molar-refractivity contribution in [2.24, 2.45) is 0 Å². The summed E-state index contributed by atoms with van der Waals surface area (Å²) >= 11 is 0. The van der Waals surface area contributed by atoms with Crippen LogP contribution in [0.3, 0.4) is 0 Å². The Labute approximate surface area is 209 Å². The van der Waals surface area contributed by atoms with Crippen molar-refractivity contribution >= 4 is 30.7 Å². The number of alkyl halides is 3.